The lowest BCUT2D eigenvalue weighted by Gasteiger charge is -2.35. The first-order valence-corrected chi connectivity index (χ1v) is 8.26. The molecule has 4 nitrogen and oxygen atoms in total. The van der Waals surface area contributed by atoms with Gasteiger partial charge in [0.05, 0.1) is 18.7 Å². The fourth-order valence-corrected chi connectivity index (χ4v) is 3.51. The lowest BCUT2D eigenvalue weighted by atomic mass is 9.92. The topological polar surface area (TPSA) is 39.1 Å². The van der Waals surface area contributed by atoms with Crippen LogP contribution in [0, 0.1) is 0 Å². The first-order valence-electron chi connectivity index (χ1n) is 8.26. The average Bonchev–Trinajstić information content (AvgIpc) is 2.79. The van der Waals surface area contributed by atoms with Crippen LogP contribution in [-0.2, 0) is 0 Å². The Balaban J connectivity index is 1.62. The van der Waals surface area contributed by atoms with Crippen LogP contribution in [0.2, 0.25) is 0 Å². The van der Waals surface area contributed by atoms with Gasteiger partial charge in [0.15, 0.2) is 0 Å². The van der Waals surface area contributed by atoms with Crippen molar-refractivity contribution in [1.29, 1.82) is 0 Å². The molecule has 1 fully saturated rings. The molecule has 2 aliphatic carbocycles. The van der Waals surface area contributed by atoms with Crippen molar-refractivity contribution < 1.29 is 5.11 Å². The molecule has 116 valence electrons. The van der Waals surface area contributed by atoms with E-state index in [1.54, 1.807) is 0 Å². The van der Waals surface area contributed by atoms with E-state index in [1.165, 1.54) is 25.1 Å². The number of fused-ring (bicyclic) bond motifs is 1. The fourth-order valence-electron chi connectivity index (χ4n) is 3.51. The quantitative estimate of drug-likeness (QED) is 0.811. The molecule has 2 atom stereocenters. The Bertz CT molecular complexity index is 465. The highest BCUT2D eigenvalue weighted by Crippen LogP contribution is 2.27. The van der Waals surface area contributed by atoms with Crippen molar-refractivity contribution in [3.8, 4) is 0 Å². The van der Waals surface area contributed by atoms with Crippen molar-refractivity contribution in [3.63, 3.8) is 0 Å². The van der Waals surface area contributed by atoms with Crippen LogP contribution in [0.3, 0.4) is 0 Å². The van der Waals surface area contributed by atoms with Crippen LogP contribution in [0.4, 0.5) is 0 Å². The van der Waals surface area contributed by atoms with E-state index in [0.717, 1.165) is 31.1 Å². The Hall–Kier alpha value is -1.13. The van der Waals surface area contributed by atoms with Gasteiger partial charge in [0.2, 0.25) is 0 Å². The molecule has 0 amide bonds. The summed E-state index contributed by atoms with van der Waals surface area (Å²) < 4.78 is 0. The van der Waals surface area contributed by atoms with E-state index in [-0.39, 0.29) is 12.6 Å². The maximum absolute atomic E-state index is 9.32. The predicted octanol–water partition coefficient (Wildman–Crippen LogP) is 1.82. The van der Waals surface area contributed by atoms with Gasteiger partial charge in [-0.2, -0.15) is 0 Å². The number of amidine groups is 1. The Morgan fingerprint density at radius 1 is 1.43 bits per heavy atom. The van der Waals surface area contributed by atoms with Crippen LogP contribution < -0.4 is 0 Å². The van der Waals surface area contributed by atoms with Crippen molar-refractivity contribution in [2.75, 3.05) is 26.7 Å². The van der Waals surface area contributed by atoms with Gasteiger partial charge in [-0.3, -0.25) is 4.99 Å². The number of hydrogen-bond acceptors (Lipinski definition) is 4. The molecule has 0 radical (unpaired) electrons. The van der Waals surface area contributed by atoms with Gasteiger partial charge in [-0.15, -0.1) is 0 Å². The van der Waals surface area contributed by atoms with E-state index in [0.29, 0.717) is 6.04 Å². The summed E-state index contributed by atoms with van der Waals surface area (Å²) in [5.41, 5.74) is 1.01. The van der Waals surface area contributed by atoms with Gasteiger partial charge in [0.25, 0.3) is 0 Å². The normalized spacial score (nSPS) is 28.5. The molecule has 3 rings (SSSR count). The smallest absolute Gasteiger partial charge is 0.102 e. The lowest BCUT2D eigenvalue weighted by Crippen LogP contribution is -2.42. The lowest BCUT2D eigenvalue weighted by molar-refractivity contribution is 0.162. The molecule has 1 heterocycles. The van der Waals surface area contributed by atoms with Gasteiger partial charge in [0, 0.05) is 25.6 Å². The van der Waals surface area contributed by atoms with E-state index < -0.39 is 0 Å². The third-order valence-electron chi connectivity index (χ3n) is 5.14. The van der Waals surface area contributed by atoms with E-state index in [2.05, 4.69) is 35.9 Å². The second-order valence-corrected chi connectivity index (χ2v) is 6.39. The molecule has 21 heavy (non-hydrogen) atoms. The van der Waals surface area contributed by atoms with Gasteiger partial charge in [-0.25, -0.2) is 0 Å². The molecular formula is C17H27N3O. The van der Waals surface area contributed by atoms with E-state index >= 15 is 0 Å². The number of nitrogens with zero attached hydrogens (tertiary/aromatic N) is 3. The largest absolute Gasteiger partial charge is 0.392 e. The zero-order chi connectivity index (χ0) is 14.8. The predicted molar refractivity (Wildman–Crippen MR) is 86.6 cm³/mol. The minimum atomic E-state index is 0.122. The zero-order valence-electron chi connectivity index (χ0n) is 13.2. The minimum Gasteiger partial charge on any atom is -0.392 e. The van der Waals surface area contributed by atoms with Crippen molar-refractivity contribution in [3.05, 3.63) is 23.8 Å². The fraction of sp³-hybridized carbons (Fsp3) is 0.706. The van der Waals surface area contributed by atoms with Crippen molar-refractivity contribution in [2.24, 2.45) is 4.99 Å². The molecule has 1 N–H and O–H groups in total. The standard InChI is InChI=1S/C17H27N3O/c1-3-20-16-11-13(12-21)7-8-15(16)18-17(20)9-10-19(2)14-5-4-6-14/h7-8,11,14-16,21H,3-6,9-10,12H2,1-2H3. The zero-order valence-corrected chi connectivity index (χ0v) is 13.2. The van der Waals surface area contributed by atoms with Gasteiger partial charge in [-0.05, 0) is 32.4 Å². The number of aliphatic hydroxyl groups excluding tert-OH is 1. The molecular weight excluding hydrogens is 262 g/mol. The number of aliphatic imine (C=N–C) groups is 1. The number of hydrogen-bond donors (Lipinski definition) is 1. The molecule has 1 saturated carbocycles. The van der Waals surface area contributed by atoms with E-state index in [1.807, 2.05) is 6.08 Å². The molecule has 0 spiro atoms. The maximum atomic E-state index is 9.32. The summed E-state index contributed by atoms with van der Waals surface area (Å²) in [5, 5.41) is 9.32. The van der Waals surface area contributed by atoms with Gasteiger partial charge in [0.1, 0.15) is 5.84 Å². The third-order valence-corrected chi connectivity index (χ3v) is 5.14. The highest BCUT2D eigenvalue weighted by Gasteiger charge is 2.34. The second kappa shape index (κ2) is 6.32. The number of rotatable bonds is 6. The summed E-state index contributed by atoms with van der Waals surface area (Å²) in [4.78, 5) is 9.80. The van der Waals surface area contributed by atoms with Crippen LogP contribution >= 0.6 is 0 Å². The Morgan fingerprint density at radius 3 is 2.86 bits per heavy atom. The van der Waals surface area contributed by atoms with Crippen molar-refractivity contribution >= 4 is 5.84 Å². The molecule has 0 aromatic carbocycles. The molecule has 0 saturated heterocycles. The van der Waals surface area contributed by atoms with Crippen LogP contribution in [0.1, 0.15) is 32.6 Å². The summed E-state index contributed by atoms with van der Waals surface area (Å²) >= 11 is 0. The van der Waals surface area contributed by atoms with Crippen molar-refractivity contribution in [1.82, 2.24) is 9.80 Å². The Morgan fingerprint density at radius 2 is 2.24 bits per heavy atom. The van der Waals surface area contributed by atoms with E-state index in [9.17, 15) is 5.11 Å². The summed E-state index contributed by atoms with van der Waals surface area (Å²) in [5.74, 6) is 1.23. The average molecular weight is 289 g/mol. The second-order valence-electron chi connectivity index (χ2n) is 6.39. The Kier molecular flexibility index (Phi) is 4.45. The van der Waals surface area contributed by atoms with E-state index in [4.69, 9.17) is 4.99 Å². The molecule has 0 aromatic rings. The van der Waals surface area contributed by atoms with Crippen molar-refractivity contribution in [2.45, 2.75) is 50.7 Å². The van der Waals surface area contributed by atoms with Crippen LogP contribution in [0.5, 0.6) is 0 Å². The third kappa shape index (κ3) is 2.92. The number of aliphatic hydroxyl groups is 1. The first-order chi connectivity index (χ1) is 10.2. The SMILES string of the molecule is CCN1C(CCN(C)C2CCC2)=NC2C=CC(CO)=CC21. The molecule has 0 bridgehead atoms. The van der Waals surface area contributed by atoms with Crippen LogP contribution in [0.15, 0.2) is 28.8 Å². The summed E-state index contributed by atoms with van der Waals surface area (Å²) in [7, 11) is 2.24. The molecule has 1 aliphatic heterocycles. The van der Waals surface area contributed by atoms with Crippen LogP contribution in [-0.4, -0.2) is 65.6 Å². The maximum Gasteiger partial charge on any atom is 0.102 e. The summed E-state index contributed by atoms with van der Waals surface area (Å²) in [6.45, 7) is 4.39. The highest BCUT2D eigenvalue weighted by atomic mass is 16.3. The minimum absolute atomic E-state index is 0.122. The van der Waals surface area contributed by atoms with Gasteiger partial charge in [-0.1, -0.05) is 24.6 Å². The highest BCUT2D eigenvalue weighted by molar-refractivity contribution is 5.85. The summed E-state index contributed by atoms with van der Waals surface area (Å²) in [6.07, 6.45) is 11.5. The van der Waals surface area contributed by atoms with Gasteiger partial charge < -0.3 is 14.9 Å². The van der Waals surface area contributed by atoms with Crippen LogP contribution in [0.25, 0.3) is 0 Å². The molecule has 4 heteroatoms. The first kappa shape index (κ1) is 14.8. The Labute approximate surface area is 127 Å². The molecule has 3 aliphatic rings. The molecule has 2 unspecified atom stereocenters. The number of likely N-dealkylation sites (N-methyl/N-ethyl adjacent to an activating group) is 1. The summed E-state index contributed by atoms with van der Waals surface area (Å²) in [6, 6.07) is 1.35. The molecule has 0 aromatic heterocycles. The van der Waals surface area contributed by atoms with Gasteiger partial charge >= 0.3 is 0 Å². The monoisotopic (exact) mass is 289 g/mol.